The van der Waals surface area contributed by atoms with Crippen molar-refractivity contribution in [2.45, 2.75) is 13.8 Å². The summed E-state index contributed by atoms with van der Waals surface area (Å²) in [6, 6.07) is 0. The lowest BCUT2D eigenvalue weighted by Gasteiger charge is -1.88. The van der Waals surface area contributed by atoms with Crippen molar-refractivity contribution in [3.05, 3.63) is 42.7 Å². The van der Waals surface area contributed by atoms with Crippen LogP contribution in [0, 0.1) is 6.92 Å². The molecule has 0 spiro atoms. The van der Waals surface area contributed by atoms with E-state index in [0.29, 0.717) is 11.8 Å². The number of hydrogen-bond acceptors (Lipinski definition) is 3. The van der Waals surface area contributed by atoms with Crippen molar-refractivity contribution < 1.29 is 4.42 Å². The third-order valence-electron chi connectivity index (χ3n) is 1.46. The van der Waals surface area contributed by atoms with Gasteiger partial charge in [0.2, 0.25) is 11.8 Å². The van der Waals surface area contributed by atoms with Crippen LogP contribution in [0.5, 0.6) is 0 Å². The average Bonchev–Trinajstić information content (AvgIpc) is 2.52. The van der Waals surface area contributed by atoms with Crippen molar-refractivity contribution in [3.8, 4) is 0 Å². The smallest absolute Gasteiger partial charge is 0.243 e. The van der Waals surface area contributed by atoms with Crippen molar-refractivity contribution in [1.29, 1.82) is 0 Å². The van der Waals surface area contributed by atoms with Crippen LogP contribution in [0.25, 0.3) is 5.57 Å². The molecule has 1 rings (SSSR count). The molecule has 1 aromatic heterocycles. The largest absolute Gasteiger partial charge is 0.421 e. The molecule has 0 aromatic carbocycles. The zero-order chi connectivity index (χ0) is 9.68. The van der Waals surface area contributed by atoms with E-state index in [4.69, 9.17) is 4.42 Å². The topological polar surface area (TPSA) is 38.9 Å². The number of allylic oxidation sites excluding steroid dienone is 5. The minimum absolute atomic E-state index is 0.561. The lowest BCUT2D eigenvalue weighted by Crippen LogP contribution is -1.77. The monoisotopic (exact) mass is 176 g/mol. The van der Waals surface area contributed by atoms with Gasteiger partial charge in [-0.05, 0) is 6.92 Å². The molecular weight excluding hydrogens is 164 g/mol. The van der Waals surface area contributed by atoms with Crippen LogP contribution < -0.4 is 0 Å². The first kappa shape index (κ1) is 9.45. The molecule has 0 radical (unpaired) electrons. The van der Waals surface area contributed by atoms with Gasteiger partial charge in [-0.2, -0.15) is 0 Å². The van der Waals surface area contributed by atoms with E-state index in [1.807, 2.05) is 25.2 Å². The van der Waals surface area contributed by atoms with Gasteiger partial charge < -0.3 is 4.42 Å². The zero-order valence-electron chi connectivity index (χ0n) is 7.82. The summed E-state index contributed by atoms with van der Waals surface area (Å²) >= 11 is 0. The molecule has 3 nitrogen and oxygen atoms in total. The van der Waals surface area contributed by atoms with Gasteiger partial charge in [0.1, 0.15) is 0 Å². The first-order valence-corrected chi connectivity index (χ1v) is 4.00. The van der Waals surface area contributed by atoms with Crippen molar-refractivity contribution in [2.24, 2.45) is 0 Å². The highest BCUT2D eigenvalue weighted by molar-refractivity contribution is 5.57. The summed E-state index contributed by atoms with van der Waals surface area (Å²) < 4.78 is 5.23. The van der Waals surface area contributed by atoms with E-state index in [2.05, 4.69) is 16.8 Å². The van der Waals surface area contributed by atoms with E-state index < -0.39 is 0 Å². The van der Waals surface area contributed by atoms with Crippen LogP contribution >= 0.6 is 0 Å². The van der Waals surface area contributed by atoms with Gasteiger partial charge in [0, 0.05) is 12.5 Å². The molecule has 0 N–H and O–H groups in total. The van der Waals surface area contributed by atoms with Gasteiger partial charge in [-0.1, -0.05) is 30.9 Å². The van der Waals surface area contributed by atoms with E-state index >= 15 is 0 Å². The molecule has 0 bridgehead atoms. The second-order valence-electron chi connectivity index (χ2n) is 2.60. The zero-order valence-corrected chi connectivity index (χ0v) is 7.82. The quantitative estimate of drug-likeness (QED) is 0.664. The summed E-state index contributed by atoms with van der Waals surface area (Å²) in [5, 5.41) is 7.61. The van der Waals surface area contributed by atoms with Crippen LogP contribution in [-0.2, 0) is 0 Å². The number of hydrogen-bond donors (Lipinski definition) is 0. The van der Waals surface area contributed by atoms with Gasteiger partial charge >= 0.3 is 0 Å². The second-order valence-corrected chi connectivity index (χ2v) is 2.60. The standard InChI is InChI=1S/C10H12N2O/c1-4-5-6-7-8(2)10-12-11-9(3)13-10/h4-7H,1H2,2-3H3/b6-5-,8-7+. The highest BCUT2D eigenvalue weighted by atomic mass is 16.4. The molecule has 0 fully saturated rings. The van der Waals surface area contributed by atoms with Crippen molar-refractivity contribution >= 4 is 5.57 Å². The summed E-state index contributed by atoms with van der Waals surface area (Å²) in [5.41, 5.74) is 0.943. The predicted molar refractivity (Wildman–Crippen MR) is 52.0 cm³/mol. The van der Waals surface area contributed by atoms with E-state index in [0.717, 1.165) is 5.57 Å². The number of aromatic nitrogens is 2. The van der Waals surface area contributed by atoms with Gasteiger partial charge in [-0.25, -0.2) is 0 Å². The molecular formula is C10H12N2O. The van der Waals surface area contributed by atoms with Gasteiger partial charge in [-0.3, -0.25) is 0 Å². The SMILES string of the molecule is C=C/C=C\C=C(/C)c1nnc(C)o1. The maximum absolute atomic E-state index is 5.23. The highest BCUT2D eigenvalue weighted by Gasteiger charge is 2.01. The minimum atomic E-state index is 0.561. The Hall–Kier alpha value is -1.64. The lowest BCUT2D eigenvalue weighted by atomic mass is 10.3. The molecule has 1 aromatic rings. The van der Waals surface area contributed by atoms with Crippen LogP contribution in [0.15, 0.2) is 35.3 Å². The lowest BCUT2D eigenvalue weighted by molar-refractivity contribution is 0.506. The third kappa shape index (κ3) is 2.71. The van der Waals surface area contributed by atoms with Gasteiger partial charge in [0.05, 0.1) is 0 Å². The van der Waals surface area contributed by atoms with Crippen molar-refractivity contribution in [2.75, 3.05) is 0 Å². The summed E-state index contributed by atoms with van der Waals surface area (Å²) in [5.74, 6) is 1.14. The minimum Gasteiger partial charge on any atom is -0.421 e. The number of aryl methyl sites for hydroxylation is 1. The summed E-state index contributed by atoms with van der Waals surface area (Å²) in [7, 11) is 0. The molecule has 1 heterocycles. The fourth-order valence-electron chi connectivity index (χ4n) is 0.806. The number of rotatable bonds is 3. The van der Waals surface area contributed by atoms with Gasteiger partial charge in [0.25, 0.3) is 0 Å². The Labute approximate surface area is 77.5 Å². The van der Waals surface area contributed by atoms with Crippen LogP contribution in [0.3, 0.4) is 0 Å². The Morgan fingerprint density at radius 3 is 2.69 bits per heavy atom. The molecule has 0 aliphatic heterocycles. The Morgan fingerprint density at radius 2 is 2.15 bits per heavy atom. The molecule has 0 aliphatic rings. The first-order valence-electron chi connectivity index (χ1n) is 4.00. The molecule has 0 aliphatic carbocycles. The normalized spacial score (nSPS) is 12.3. The van der Waals surface area contributed by atoms with Gasteiger partial charge in [-0.15, -0.1) is 10.2 Å². The molecule has 0 saturated heterocycles. The van der Waals surface area contributed by atoms with E-state index in [1.54, 1.807) is 13.0 Å². The van der Waals surface area contributed by atoms with Crippen LogP contribution in [0.1, 0.15) is 18.7 Å². The predicted octanol–water partition coefficient (Wildman–Crippen LogP) is 2.52. The molecule has 13 heavy (non-hydrogen) atoms. The van der Waals surface area contributed by atoms with E-state index in [1.165, 1.54) is 0 Å². The average molecular weight is 176 g/mol. The summed E-state index contributed by atoms with van der Waals surface area (Å²) in [6.45, 7) is 7.25. The van der Waals surface area contributed by atoms with Crippen LogP contribution in [0.2, 0.25) is 0 Å². The van der Waals surface area contributed by atoms with Crippen molar-refractivity contribution in [3.63, 3.8) is 0 Å². The fraction of sp³-hybridized carbons (Fsp3) is 0.200. The molecule has 3 heteroatoms. The maximum Gasteiger partial charge on any atom is 0.243 e. The van der Waals surface area contributed by atoms with E-state index in [9.17, 15) is 0 Å². The van der Waals surface area contributed by atoms with Crippen LogP contribution in [0.4, 0.5) is 0 Å². The Balaban J connectivity index is 2.78. The Morgan fingerprint density at radius 1 is 1.38 bits per heavy atom. The summed E-state index contributed by atoms with van der Waals surface area (Å²) in [4.78, 5) is 0. The molecule has 68 valence electrons. The summed E-state index contributed by atoms with van der Waals surface area (Å²) in [6.07, 6.45) is 7.33. The third-order valence-corrected chi connectivity index (χ3v) is 1.46. The molecule has 0 saturated carbocycles. The van der Waals surface area contributed by atoms with Crippen molar-refractivity contribution in [1.82, 2.24) is 10.2 Å². The maximum atomic E-state index is 5.23. The highest BCUT2D eigenvalue weighted by Crippen LogP contribution is 2.10. The first-order chi connectivity index (χ1) is 6.24. The fourth-order valence-corrected chi connectivity index (χ4v) is 0.806. The van der Waals surface area contributed by atoms with Crippen LogP contribution in [-0.4, -0.2) is 10.2 Å². The van der Waals surface area contributed by atoms with E-state index in [-0.39, 0.29) is 0 Å². The second kappa shape index (κ2) is 4.40. The molecule has 0 amide bonds. The molecule has 0 unspecified atom stereocenters. The Kier molecular flexibility index (Phi) is 3.20. The Bertz CT molecular complexity index is 348. The molecule has 0 atom stereocenters. The van der Waals surface area contributed by atoms with Gasteiger partial charge in [0.15, 0.2) is 0 Å². The number of nitrogens with zero attached hydrogens (tertiary/aromatic N) is 2.